The fourth-order valence-corrected chi connectivity index (χ4v) is 1.08. The summed E-state index contributed by atoms with van der Waals surface area (Å²) in [6.45, 7) is -0.116. The molecule has 0 atom stereocenters. The molecule has 0 saturated carbocycles. The lowest BCUT2D eigenvalue weighted by molar-refractivity contribution is -0.656. The molecule has 15 heavy (non-hydrogen) atoms. The minimum Gasteiger partial charge on any atom is -0.353 e. The van der Waals surface area contributed by atoms with Crippen molar-refractivity contribution >= 4 is 0 Å². The Morgan fingerprint density at radius 1 is 1.20 bits per heavy atom. The topological polar surface area (TPSA) is 145 Å². The molecule has 0 aromatic carbocycles. The quantitative estimate of drug-likeness (QED) is 0.458. The number of hydrazine groups is 1. The van der Waals surface area contributed by atoms with Crippen molar-refractivity contribution in [1.82, 2.24) is 10.3 Å². The van der Waals surface area contributed by atoms with E-state index in [1.807, 2.05) is 0 Å². The smallest absolute Gasteiger partial charge is 0.353 e. The minimum absolute atomic E-state index is 0.0431. The molecule has 11 nitrogen and oxygen atoms in total. The summed E-state index contributed by atoms with van der Waals surface area (Å²) in [6, 6.07) is 0. The maximum absolute atomic E-state index is 10.4. The first-order valence-electron chi connectivity index (χ1n) is 3.64. The maximum atomic E-state index is 10.4. The lowest BCUT2D eigenvalue weighted by atomic mass is 10.6. The summed E-state index contributed by atoms with van der Waals surface area (Å²) in [7, 11) is 0. The number of nitrogens with zero attached hydrogens (tertiary/aromatic N) is 4. The second kappa shape index (κ2) is 3.73. The third kappa shape index (κ3) is 1.90. The van der Waals surface area contributed by atoms with E-state index in [0.29, 0.717) is 5.01 Å². The zero-order valence-corrected chi connectivity index (χ0v) is 7.15. The van der Waals surface area contributed by atoms with Crippen molar-refractivity contribution in [3.63, 3.8) is 0 Å². The number of nitro groups is 3. The first-order valence-corrected chi connectivity index (χ1v) is 3.64. The predicted molar refractivity (Wildman–Crippen MR) is 42.7 cm³/mol. The molecule has 1 aliphatic rings. The lowest BCUT2D eigenvalue weighted by Crippen LogP contribution is -2.31. The zero-order valence-electron chi connectivity index (χ0n) is 7.15. The average molecular weight is 219 g/mol. The summed E-state index contributed by atoms with van der Waals surface area (Å²) in [5.41, 5.74) is 0. The van der Waals surface area contributed by atoms with Crippen LogP contribution in [0.25, 0.3) is 0 Å². The van der Waals surface area contributed by atoms with Crippen LogP contribution in [-0.2, 0) is 0 Å². The zero-order chi connectivity index (χ0) is 11.6. The summed E-state index contributed by atoms with van der Waals surface area (Å²) in [5.74, 6) is -2.13. The van der Waals surface area contributed by atoms with Crippen LogP contribution in [0.5, 0.6) is 0 Å². The highest BCUT2D eigenvalue weighted by Crippen LogP contribution is 2.13. The van der Waals surface area contributed by atoms with Crippen molar-refractivity contribution in [3.8, 4) is 0 Å². The average Bonchev–Trinajstić information content (AvgIpc) is 2.51. The molecule has 0 amide bonds. The van der Waals surface area contributed by atoms with E-state index in [1.54, 1.807) is 0 Å². The Morgan fingerprint density at radius 3 is 2.13 bits per heavy atom. The van der Waals surface area contributed by atoms with Crippen LogP contribution in [0.4, 0.5) is 0 Å². The Kier molecular flexibility index (Phi) is 2.64. The molecule has 0 aromatic rings. The van der Waals surface area contributed by atoms with Gasteiger partial charge in [0.25, 0.3) is 0 Å². The Balaban J connectivity index is 3.19. The number of rotatable bonds is 3. The van der Waals surface area contributed by atoms with Crippen molar-refractivity contribution < 1.29 is 14.9 Å². The van der Waals surface area contributed by atoms with Gasteiger partial charge in [-0.15, -0.1) is 0 Å². The first-order chi connectivity index (χ1) is 6.95. The molecule has 1 fully saturated rings. The Bertz CT molecular complexity index is 347. The van der Waals surface area contributed by atoms with Crippen LogP contribution in [-0.4, -0.2) is 33.0 Å². The molecule has 0 bridgehead atoms. The van der Waals surface area contributed by atoms with Crippen molar-refractivity contribution in [3.05, 3.63) is 42.0 Å². The predicted octanol–water partition coefficient (Wildman–Crippen LogP) is -1.24. The summed E-state index contributed by atoms with van der Waals surface area (Å²) in [6.07, 6.45) is 0. The van der Waals surface area contributed by atoms with Crippen LogP contribution >= 0.6 is 0 Å². The van der Waals surface area contributed by atoms with Gasteiger partial charge in [-0.25, -0.2) is 10.1 Å². The van der Waals surface area contributed by atoms with Crippen LogP contribution in [0.2, 0.25) is 0 Å². The Morgan fingerprint density at radius 2 is 1.73 bits per heavy atom. The van der Waals surface area contributed by atoms with Crippen LogP contribution in [0, 0.1) is 30.3 Å². The second-order valence-corrected chi connectivity index (χ2v) is 2.47. The summed E-state index contributed by atoms with van der Waals surface area (Å²) < 4.78 is 0. The number of hydrogen-bond donors (Lipinski definition) is 1. The van der Waals surface area contributed by atoms with Gasteiger partial charge in [0.05, 0.1) is 0 Å². The van der Waals surface area contributed by atoms with Crippen LogP contribution in [0.3, 0.4) is 0 Å². The molecule has 1 saturated heterocycles. The van der Waals surface area contributed by atoms with Crippen molar-refractivity contribution in [2.45, 2.75) is 0 Å². The van der Waals surface area contributed by atoms with Crippen molar-refractivity contribution in [2.75, 3.05) is 13.1 Å². The largest absolute Gasteiger partial charge is 0.605 e. The summed E-state index contributed by atoms with van der Waals surface area (Å²) >= 11 is 0. The van der Waals surface area contributed by atoms with E-state index in [2.05, 4.69) is 5.32 Å². The number of hydrogen-bond acceptors (Lipinski definition) is 7. The molecular formula is C4H5N5O6. The monoisotopic (exact) mass is 219 g/mol. The fourth-order valence-electron chi connectivity index (χ4n) is 1.08. The lowest BCUT2D eigenvalue weighted by Gasteiger charge is -2.03. The normalized spacial score (nSPS) is 14.7. The molecule has 1 aliphatic heterocycles. The van der Waals surface area contributed by atoms with Gasteiger partial charge in [0.1, 0.15) is 16.4 Å². The van der Waals surface area contributed by atoms with Crippen molar-refractivity contribution in [2.24, 2.45) is 0 Å². The molecule has 0 aromatic heterocycles. The van der Waals surface area contributed by atoms with E-state index < -0.39 is 26.5 Å². The molecule has 1 heterocycles. The molecule has 1 rings (SSSR count). The SMILES string of the molecule is O=[N+]([O-])C(=C1NCCN1[N+](=O)[O-])[N+](=O)[O-]. The second-order valence-electron chi connectivity index (χ2n) is 2.47. The van der Waals surface area contributed by atoms with Gasteiger partial charge in [-0.05, 0) is 0 Å². The standard InChI is InChI=1S/C4H5N5O6/c10-7(11)4(8(12)13)3-5-1-2-6(3)9(14)15/h5H,1-2H2. The third-order valence-electron chi connectivity index (χ3n) is 1.63. The van der Waals surface area contributed by atoms with E-state index >= 15 is 0 Å². The summed E-state index contributed by atoms with van der Waals surface area (Å²) in [5, 5.41) is 32.6. The van der Waals surface area contributed by atoms with E-state index in [9.17, 15) is 30.3 Å². The van der Waals surface area contributed by atoms with Gasteiger partial charge in [0.2, 0.25) is 0 Å². The first kappa shape index (κ1) is 10.6. The molecule has 0 radical (unpaired) electrons. The van der Waals surface area contributed by atoms with Gasteiger partial charge < -0.3 is 5.32 Å². The van der Waals surface area contributed by atoms with Gasteiger partial charge in [0, 0.05) is 6.54 Å². The minimum atomic E-state index is -1.43. The third-order valence-corrected chi connectivity index (χ3v) is 1.63. The molecule has 0 unspecified atom stereocenters. The van der Waals surface area contributed by atoms with Gasteiger partial charge in [-0.1, -0.05) is 5.01 Å². The van der Waals surface area contributed by atoms with Gasteiger partial charge in [0.15, 0.2) is 5.03 Å². The molecule has 0 aliphatic carbocycles. The summed E-state index contributed by atoms with van der Waals surface area (Å²) in [4.78, 5) is 28.5. The fraction of sp³-hybridized carbons (Fsp3) is 0.500. The highest BCUT2D eigenvalue weighted by molar-refractivity contribution is 5.01. The van der Waals surface area contributed by atoms with E-state index in [-0.39, 0.29) is 13.1 Å². The van der Waals surface area contributed by atoms with E-state index in [1.165, 1.54) is 0 Å². The van der Waals surface area contributed by atoms with E-state index in [0.717, 1.165) is 0 Å². The van der Waals surface area contributed by atoms with Crippen molar-refractivity contribution in [1.29, 1.82) is 0 Å². The Labute approximate surface area is 81.4 Å². The van der Waals surface area contributed by atoms with Gasteiger partial charge in [-0.2, -0.15) is 0 Å². The molecule has 82 valence electrons. The molecule has 11 heteroatoms. The highest BCUT2D eigenvalue weighted by Gasteiger charge is 2.43. The maximum Gasteiger partial charge on any atom is 0.605 e. The van der Waals surface area contributed by atoms with Crippen LogP contribution in [0.1, 0.15) is 0 Å². The van der Waals surface area contributed by atoms with Gasteiger partial charge >= 0.3 is 11.6 Å². The molecule has 1 N–H and O–H groups in total. The molecule has 0 spiro atoms. The molecular weight excluding hydrogens is 214 g/mol. The van der Waals surface area contributed by atoms with Crippen LogP contribution < -0.4 is 5.32 Å². The Hall–Kier alpha value is -2.46. The highest BCUT2D eigenvalue weighted by atomic mass is 16.7. The van der Waals surface area contributed by atoms with E-state index in [4.69, 9.17) is 0 Å². The number of nitrogens with one attached hydrogen (secondary N) is 1. The van der Waals surface area contributed by atoms with Crippen LogP contribution in [0.15, 0.2) is 11.6 Å². The van der Waals surface area contributed by atoms with Gasteiger partial charge in [-0.3, -0.25) is 20.2 Å².